The lowest BCUT2D eigenvalue weighted by molar-refractivity contribution is 0.322. The Morgan fingerprint density at radius 2 is 1.85 bits per heavy atom. The lowest BCUT2D eigenvalue weighted by Crippen LogP contribution is -2.31. The molecule has 20 heavy (non-hydrogen) atoms. The predicted octanol–water partition coefficient (Wildman–Crippen LogP) is 1.56. The summed E-state index contributed by atoms with van der Waals surface area (Å²) in [7, 11) is 0. The van der Waals surface area contributed by atoms with Gasteiger partial charge >= 0.3 is 0 Å². The quantitative estimate of drug-likeness (QED) is 0.918. The van der Waals surface area contributed by atoms with E-state index in [0.717, 1.165) is 37.1 Å². The van der Waals surface area contributed by atoms with Gasteiger partial charge in [0.05, 0.1) is 5.52 Å². The van der Waals surface area contributed by atoms with Crippen molar-refractivity contribution < 1.29 is 0 Å². The highest BCUT2D eigenvalue weighted by Gasteiger charge is 2.13. The van der Waals surface area contributed by atoms with Gasteiger partial charge < -0.3 is 15.2 Å². The Kier molecular flexibility index (Phi) is 3.85. The van der Waals surface area contributed by atoms with E-state index in [1.165, 1.54) is 12.8 Å². The van der Waals surface area contributed by atoms with Crippen LogP contribution in [0.25, 0.3) is 10.9 Å². The van der Waals surface area contributed by atoms with E-state index >= 15 is 0 Å². The highest BCUT2D eigenvalue weighted by atomic mass is 16.1. The van der Waals surface area contributed by atoms with Crippen molar-refractivity contribution in [3.8, 4) is 0 Å². The van der Waals surface area contributed by atoms with Crippen molar-refractivity contribution in [2.75, 3.05) is 19.6 Å². The largest absolute Gasteiger partial charge is 0.326 e. The maximum Gasteiger partial charge on any atom is 0.255 e. The molecular formula is C16H21N3O. The van der Waals surface area contributed by atoms with Crippen molar-refractivity contribution >= 4 is 10.9 Å². The molecule has 1 saturated heterocycles. The molecule has 0 radical (unpaired) electrons. The van der Waals surface area contributed by atoms with Gasteiger partial charge in [-0.3, -0.25) is 4.79 Å². The van der Waals surface area contributed by atoms with Crippen LogP contribution in [0.3, 0.4) is 0 Å². The summed E-state index contributed by atoms with van der Waals surface area (Å²) in [6.07, 6.45) is 2.55. The van der Waals surface area contributed by atoms with Gasteiger partial charge in [-0.1, -0.05) is 18.2 Å². The van der Waals surface area contributed by atoms with E-state index in [2.05, 4.69) is 4.90 Å². The molecule has 0 aliphatic carbocycles. The van der Waals surface area contributed by atoms with Crippen LogP contribution in [-0.4, -0.2) is 29.1 Å². The fraction of sp³-hybridized carbons (Fsp3) is 0.438. The van der Waals surface area contributed by atoms with E-state index in [1.54, 1.807) is 0 Å². The second-order valence-corrected chi connectivity index (χ2v) is 5.44. The molecule has 4 heteroatoms. The van der Waals surface area contributed by atoms with Gasteiger partial charge in [-0.05, 0) is 43.5 Å². The first-order chi connectivity index (χ1) is 9.79. The van der Waals surface area contributed by atoms with Crippen molar-refractivity contribution in [2.45, 2.75) is 25.9 Å². The lowest BCUT2D eigenvalue weighted by atomic mass is 10.1. The van der Waals surface area contributed by atoms with Crippen LogP contribution in [-0.2, 0) is 13.1 Å². The topological polar surface area (TPSA) is 51.3 Å². The first kappa shape index (κ1) is 13.3. The lowest BCUT2D eigenvalue weighted by Gasteiger charge is -2.17. The van der Waals surface area contributed by atoms with E-state index in [0.29, 0.717) is 12.1 Å². The molecule has 2 aromatic rings. The molecule has 4 nitrogen and oxygen atoms in total. The van der Waals surface area contributed by atoms with Crippen LogP contribution < -0.4 is 11.3 Å². The average molecular weight is 271 g/mol. The standard InChI is InChI=1S/C16H21N3O/c17-12-14-11-13-5-1-2-6-15(13)19(16(14)20)10-9-18-7-3-4-8-18/h1-2,5-6,11H,3-4,7-10,12,17H2. The van der Waals surface area contributed by atoms with E-state index in [-0.39, 0.29) is 5.56 Å². The third-order valence-corrected chi connectivity index (χ3v) is 4.14. The zero-order valence-corrected chi connectivity index (χ0v) is 11.7. The van der Waals surface area contributed by atoms with Gasteiger partial charge in [0.2, 0.25) is 0 Å². The van der Waals surface area contributed by atoms with Crippen molar-refractivity contribution in [2.24, 2.45) is 5.73 Å². The Morgan fingerprint density at radius 3 is 2.60 bits per heavy atom. The molecular weight excluding hydrogens is 250 g/mol. The maximum absolute atomic E-state index is 12.5. The molecule has 1 aliphatic rings. The van der Waals surface area contributed by atoms with Gasteiger partial charge in [-0.25, -0.2) is 0 Å². The van der Waals surface area contributed by atoms with Crippen LogP contribution in [0.2, 0.25) is 0 Å². The number of pyridine rings is 1. The molecule has 0 bridgehead atoms. The number of nitrogens with zero attached hydrogens (tertiary/aromatic N) is 2. The summed E-state index contributed by atoms with van der Waals surface area (Å²) in [4.78, 5) is 14.9. The van der Waals surface area contributed by atoms with Crippen LogP contribution in [0.15, 0.2) is 35.1 Å². The minimum Gasteiger partial charge on any atom is -0.326 e. The van der Waals surface area contributed by atoms with Gasteiger partial charge in [0, 0.05) is 25.2 Å². The third kappa shape index (κ3) is 2.49. The molecule has 2 N–H and O–H groups in total. The number of aromatic nitrogens is 1. The molecule has 1 aliphatic heterocycles. The van der Waals surface area contributed by atoms with Crippen LogP contribution in [0.5, 0.6) is 0 Å². The molecule has 106 valence electrons. The SMILES string of the molecule is NCc1cc2ccccc2n(CCN2CCCC2)c1=O. The first-order valence-corrected chi connectivity index (χ1v) is 7.33. The van der Waals surface area contributed by atoms with Crippen LogP contribution >= 0.6 is 0 Å². The van der Waals surface area contributed by atoms with Crippen molar-refractivity contribution in [3.05, 3.63) is 46.2 Å². The van der Waals surface area contributed by atoms with Crippen LogP contribution in [0, 0.1) is 0 Å². The summed E-state index contributed by atoms with van der Waals surface area (Å²) in [6, 6.07) is 9.96. The highest BCUT2D eigenvalue weighted by Crippen LogP contribution is 2.14. The van der Waals surface area contributed by atoms with E-state index in [4.69, 9.17) is 5.73 Å². The summed E-state index contributed by atoms with van der Waals surface area (Å²) < 4.78 is 1.88. The van der Waals surface area contributed by atoms with Gasteiger partial charge in [-0.15, -0.1) is 0 Å². The van der Waals surface area contributed by atoms with Crippen molar-refractivity contribution in [1.29, 1.82) is 0 Å². The molecule has 0 amide bonds. The fourth-order valence-corrected chi connectivity index (χ4v) is 3.00. The number of rotatable bonds is 4. The average Bonchev–Trinajstić information content (AvgIpc) is 2.99. The molecule has 0 saturated carbocycles. The van der Waals surface area contributed by atoms with E-state index < -0.39 is 0 Å². The van der Waals surface area contributed by atoms with Crippen LogP contribution in [0.4, 0.5) is 0 Å². The zero-order valence-electron chi connectivity index (χ0n) is 11.7. The summed E-state index contributed by atoms with van der Waals surface area (Å²) >= 11 is 0. The fourth-order valence-electron chi connectivity index (χ4n) is 3.00. The smallest absolute Gasteiger partial charge is 0.255 e. The first-order valence-electron chi connectivity index (χ1n) is 7.33. The minimum absolute atomic E-state index is 0.0606. The molecule has 1 fully saturated rings. The highest BCUT2D eigenvalue weighted by molar-refractivity contribution is 5.79. The Hall–Kier alpha value is -1.65. The number of hydrogen-bond donors (Lipinski definition) is 1. The van der Waals surface area contributed by atoms with Crippen LogP contribution in [0.1, 0.15) is 18.4 Å². The minimum atomic E-state index is 0.0606. The second-order valence-electron chi connectivity index (χ2n) is 5.44. The number of nitrogens with two attached hydrogens (primary N) is 1. The molecule has 1 aromatic heterocycles. The summed E-state index contributed by atoms with van der Waals surface area (Å²) in [5.41, 5.74) is 7.47. The maximum atomic E-state index is 12.5. The van der Waals surface area contributed by atoms with E-state index in [9.17, 15) is 4.79 Å². The van der Waals surface area contributed by atoms with E-state index in [1.807, 2.05) is 34.9 Å². The normalized spacial score (nSPS) is 16.1. The number of likely N-dealkylation sites (tertiary alicyclic amines) is 1. The number of para-hydroxylation sites is 1. The van der Waals surface area contributed by atoms with Crippen molar-refractivity contribution in [1.82, 2.24) is 9.47 Å². The second kappa shape index (κ2) is 5.77. The molecule has 0 atom stereocenters. The summed E-state index contributed by atoms with van der Waals surface area (Å²) in [5.74, 6) is 0. The third-order valence-electron chi connectivity index (χ3n) is 4.14. The zero-order chi connectivity index (χ0) is 13.9. The van der Waals surface area contributed by atoms with Gasteiger partial charge in [-0.2, -0.15) is 0 Å². The van der Waals surface area contributed by atoms with Gasteiger partial charge in [0.25, 0.3) is 5.56 Å². The monoisotopic (exact) mass is 271 g/mol. The summed E-state index contributed by atoms with van der Waals surface area (Å²) in [6.45, 7) is 4.30. The van der Waals surface area contributed by atoms with Gasteiger partial charge in [0.15, 0.2) is 0 Å². The summed E-state index contributed by atoms with van der Waals surface area (Å²) in [5, 5.41) is 1.09. The van der Waals surface area contributed by atoms with Gasteiger partial charge in [0.1, 0.15) is 0 Å². The molecule has 1 aromatic carbocycles. The Labute approximate surface area is 118 Å². The number of benzene rings is 1. The Balaban J connectivity index is 1.98. The molecule has 0 unspecified atom stereocenters. The molecule has 3 rings (SSSR count). The molecule has 0 spiro atoms. The van der Waals surface area contributed by atoms with Crippen molar-refractivity contribution in [3.63, 3.8) is 0 Å². The predicted molar refractivity (Wildman–Crippen MR) is 81.8 cm³/mol. The molecule has 2 heterocycles. The Bertz CT molecular complexity index is 656. The Morgan fingerprint density at radius 1 is 1.10 bits per heavy atom. The number of hydrogen-bond acceptors (Lipinski definition) is 3. The number of fused-ring (bicyclic) bond motifs is 1.